The Balaban J connectivity index is 1.90. The summed E-state index contributed by atoms with van der Waals surface area (Å²) in [5.74, 6) is -0.101. The number of hydrogen-bond acceptors (Lipinski definition) is 4. The maximum atomic E-state index is 11.3. The van der Waals surface area contributed by atoms with E-state index in [9.17, 15) is 14.9 Å². The second-order valence-corrected chi connectivity index (χ2v) is 4.87. The number of furan rings is 1. The van der Waals surface area contributed by atoms with Gasteiger partial charge in [-0.1, -0.05) is 12.1 Å². The van der Waals surface area contributed by atoms with Crippen LogP contribution in [0.5, 0.6) is 0 Å². The number of halogens is 1. The molecule has 1 N–H and O–H groups in total. The molecular formula is C13H9ClN2O4. The van der Waals surface area contributed by atoms with Crippen molar-refractivity contribution in [2.75, 3.05) is 5.32 Å². The second-order valence-electron chi connectivity index (χ2n) is 4.44. The van der Waals surface area contributed by atoms with Gasteiger partial charge in [0.05, 0.1) is 12.5 Å². The van der Waals surface area contributed by atoms with E-state index in [-0.39, 0.29) is 11.8 Å². The Bertz CT molecular complexity index is 710. The van der Waals surface area contributed by atoms with Crippen LogP contribution in [0.15, 0.2) is 34.7 Å². The summed E-state index contributed by atoms with van der Waals surface area (Å²) < 4.78 is 5.09. The van der Waals surface area contributed by atoms with Gasteiger partial charge >= 0.3 is 5.88 Å². The number of nitrogens with one attached hydrogen (secondary N) is 1. The predicted molar refractivity (Wildman–Crippen MR) is 71.8 cm³/mol. The smallest absolute Gasteiger partial charge is 0.404 e. The fourth-order valence-corrected chi connectivity index (χ4v) is 2.40. The van der Waals surface area contributed by atoms with Gasteiger partial charge in [0.1, 0.15) is 16.1 Å². The molecule has 1 amide bonds. The molecule has 102 valence electrons. The van der Waals surface area contributed by atoms with Crippen LogP contribution >= 0.6 is 11.6 Å². The summed E-state index contributed by atoms with van der Waals surface area (Å²) >= 11 is 6.27. The van der Waals surface area contributed by atoms with E-state index < -0.39 is 10.3 Å². The number of fused-ring (bicyclic) bond motifs is 1. The lowest BCUT2D eigenvalue weighted by molar-refractivity contribution is -0.402. The summed E-state index contributed by atoms with van der Waals surface area (Å²) in [7, 11) is 0. The zero-order valence-corrected chi connectivity index (χ0v) is 10.9. The quantitative estimate of drug-likeness (QED) is 0.535. The number of nitrogens with zero attached hydrogens (tertiary/aromatic N) is 1. The third kappa shape index (κ3) is 2.14. The highest BCUT2D eigenvalue weighted by atomic mass is 35.5. The molecule has 2 heterocycles. The second kappa shape index (κ2) is 4.64. The number of nitro groups is 1. The summed E-state index contributed by atoms with van der Waals surface area (Å²) in [5, 5.41) is 12.7. The molecule has 0 radical (unpaired) electrons. The summed E-state index contributed by atoms with van der Waals surface area (Å²) in [6.07, 6.45) is 0.311. The molecule has 1 aromatic carbocycles. The fourth-order valence-electron chi connectivity index (χ4n) is 2.15. The summed E-state index contributed by atoms with van der Waals surface area (Å²) in [5.41, 5.74) is 2.36. The average Bonchev–Trinajstić information content (AvgIpc) is 3.02. The summed E-state index contributed by atoms with van der Waals surface area (Å²) in [4.78, 5) is 21.3. The number of benzene rings is 1. The minimum absolute atomic E-state index is 0.0584. The molecule has 0 saturated carbocycles. The van der Waals surface area contributed by atoms with Crippen molar-refractivity contribution in [3.05, 3.63) is 57.3 Å². The number of carbonyl (C=O) groups excluding carboxylic acids is 1. The first-order valence-electron chi connectivity index (χ1n) is 5.85. The maximum Gasteiger partial charge on any atom is 0.433 e. The Morgan fingerprint density at radius 2 is 2.15 bits per heavy atom. The summed E-state index contributed by atoms with van der Waals surface area (Å²) in [6, 6.07) is 8.08. The van der Waals surface area contributed by atoms with Gasteiger partial charge in [-0.15, -0.1) is 11.6 Å². The minimum atomic E-state index is -0.635. The molecule has 1 aliphatic heterocycles. The zero-order chi connectivity index (χ0) is 14.3. The number of hydrogen-bond donors (Lipinski definition) is 1. The van der Waals surface area contributed by atoms with Crippen molar-refractivity contribution < 1.29 is 14.1 Å². The molecule has 3 rings (SSSR count). The highest BCUT2D eigenvalue weighted by molar-refractivity contribution is 6.22. The molecule has 0 saturated heterocycles. The molecule has 7 heteroatoms. The van der Waals surface area contributed by atoms with Gasteiger partial charge in [0.25, 0.3) is 0 Å². The van der Waals surface area contributed by atoms with E-state index in [1.807, 2.05) is 0 Å². The maximum absolute atomic E-state index is 11.3. The van der Waals surface area contributed by atoms with E-state index in [1.54, 1.807) is 18.2 Å². The van der Waals surface area contributed by atoms with Crippen molar-refractivity contribution in [2.45, 2.75) is 11.8 Å². The zero-order valence-electron chi connectivity index (χ0n) is 10.1. The van der Waals surface area contributed by atoms with Crippen LogP contribution in [-0.2, 0) is 11.2 Å². The molecule has 1 unspecified atom stereocenters. The molecule has 1 atom stereocenters. The number of alkyl halides is 1. The Hall–Kier alpha value is -2.34. The Morgan fingerprint density at radius 1 is 1.35 bits per heavy atom. The van der Waals surface area contributed by atoms with Crippen LogP contribution in [0.4, 0.5) is 11.6 Å². The molecule has 1 aliphatic rings. The number of amides is 1. The molecule has 2 aromatic rings. The van der Waals surface area contributed by atoms with Crippen LogP contribution in [0.3, 0.4) is 0 Å². The van der Waals surface area contributed by atoms with Crippen LogP contribution in [0.25, 0.3) is 0 Å². The lowest BCUT2D eigenvalue weighted by Gasteiger charge is -2.08. The Kier molecular flexibility index (Phi) is 2.94. The highest BCUT2D eigenvalue weighted by Gasteiger charge is 2.23. The standard InChI is InChI=1S/C13H9ClN2O4/c14-13(10-3-4-12(20-10)16(18)19)7-1-2-9-8(5-7)6-11(17)15-9/h1-5,13H,6H2,(H,15,17). The van der Waals surface area contributed by atoms with Crippen LogP contribution < -0.4 is 5.32 Å². The van der Waals surface area contributed by atoms with Crippen LogP contribution in [-0.4, -0.2) is 10.8 Å². The van der Waals surface area contributed by atoms with Gasteiger partial charge in [-0.05, 0) is 23.3 Å². The first-order valence-corrected chi connectivity index (χ1v) is 6.29. The van der Waals surface area contributed by atoms with Crippen molar-refractivity contribution in [3.63, 3.8) is 0 Å². The van der Waals surface area contributed by atoms with Gasteiger partial charge in [-0.2, -0.15) is 0 Å². The van der Waals surface area contributed by atoms with Gasteiger partial charge in [-0.3, -0.25) is 14.9 Å². The van der Waals surface area contributed by atoms with Crippen molar-refractivity contribution in [1.82, 2.24) is 0 Å². The molecule has 0 fully saturated rings. The van der Waals surface area contributed by atoms with Crippen LogP contribution in [0.1, 0.15) is 22.3 Å². The molecule has 0 aliphatic carbocycles. The van der Waals surface area contributed by atoms with Gasteiger partial charge in [0.15, 0.2) is 0 Å². The van der Waals surface area contributed by atoms with Gasteiger partial charge in [0.2, 0.25) is 5.91 Å². The van der Waals surface area contributed by atoms with Crippen molar-refractivity contribution in [2.24, 2.45) is 0 Å². The van der Waals surface area contributed by atoms with E-state index in [4.69, 9.17) is 16.0 Å². The Morgan fingerprint density at radius 3 is 2.85 bits per heavy atom. The SMILES string of the molecule is O=C1Cc2cc(C(Cl)c3ccc([N+](=O)[O-])o3)ccc2N1. The van der Waals surface area contributed by atoms with Gasteiger partial charge in [-0.25, -0.2) is 0 Å². The minimum Gasteiger partial charge on any atom is -0.404 e. The fraction of sp³-hybridized carbons (Fsp3) is 0.154. The predicted octanol–water partition coefficient (Wildman–Crippen LogP) is 3.01. The first kappa shape index (κ1) is 12.7. The first-order chi connectivity index (χ1) is 9.54. The van der Waals surface area contributed by atoms with E-state index in [0.717, 1.165) is 16.8 Å². The van der Waals surface area contributed by atoms with E-state index in [1.165, 1.54) is 12.1 Å². The van der Waals surface area contributed by atoms with E-state index in [2.05, 4.69) is 5.32 Å². The molecule has 0 spiro atoms. The molecule has 1 aromatic heterocycles. The van der Waals surface area contributed by atoms with Gasteiger partial charge < -0.3 is 9.73 Å². The third-order valence-electron chi connectivity index (χ3n) is 3.09. The number of anilines is 1. The van der Waals surface area contributed by atoms with Crippen LogP contribution in [0, 0.1) is 10.1 Å². The lowest BCUT2D eigenvalue weighted by Crippen LogP contribution is -2.03. The van der Waals surface area contributed by atoms with E-state index >= 15 is 0 Å². The van der Waals surface area contributed by atoms with Crippen molar-refractivity contribution >= 4 is 29.1 Å². The molecule has 20 heavy (non-hydrogen) atoms. The topological polar surface area (TPSA) is 85.4 Å². The lowest BCUT2D eigenvalue weighted by atomic mass is 10.0. The Labute approximate surface area is 118 Å². The van der Waals surface area contributed by atoms with Crippen molar-refractivity contribution in [3.8, 4) is 0 Å². The normalized spacial score (nSPS) is 14.8. The van der Waals surface area contributed by atoms with Crippen LogP contribution in [0.2, 0.25) is 0 Å². The third-order valence-corrected chi connectivity index (χ3v) is 3.56. The van der Waals surface area contributed by atoms with Crippen molar-refractivity contribution in [1.29, 1.82) is 0 Å². The van der Waals surface area contributed by atoms with E-state index in [0.29, 0.717) is 12.2 Å². The average molecular weight is 293 g/mol. The summed E-state index contributed by atoms with van der Waals surface area (Å²) in [6.45, 7) is 0. The molecule has 6 nitrogen and oxygen atoms in total. The number of rotatable bonds is 3. The monoisotopic (exact) mass is 292 g/mol. The highest BCUT2D eigenvalue weighted by Crippen LogP contribution is 2.35. The largest absolute Gasteiger partial charge is 0.433 e. The number of carbonyl (C=O) groups is 1. The molecular weight excluding hydrogens is 284 g/mol. The van der Waals surface area contributed by atoms with Gasteiger partial charge in [0, 0.05) is 5.69 Å². The molecule has 0 bridgehead atoms.